The van der Waals surface area contributed by atoms with Gasteiger partial charge in [0.15, 0.2) is 5.82 Å². The lowest BCUT2D eigenvalue weighted by molar-refractivity contribution is 0.768. The molecule has 2 nitrogen and oxygen atoms in total. The van der Waals surface area contributed by atoms with Gasteiger partial charge in [-0.2, -0.15) is 0 Å². The molecule has 1 aliphatic carbocycles. The molecule has 0 bridgehead atoms. The molecule has 0 N–H and O–H groups in total. The van der Waals surface area contributed by atoms with Crippen LogP contribution in [0.15, 0.2) is 243 Å². The van der Waals surface area contributed by atoms with E-state index in [-0.39, 0.29) is 0 Å². The van der Waals surface area contributed by atoms with E-state index in [1.54, 1.807) is 0 Å². The summed E-state index contributed by atoms with van der Waals surface area (Å²) in [6.07, 6.45) is 0. The Hall–Kier alpha value is -8.20. The van der Waals surface area contributed by atoms with E-state index in [2.05, 4.69) is 237 Å². The van der Waals surface area contributed by atoms with E-state index in [1.165, 1.54) is 66.4 Å². The SMILES string of the molecule is c1ccc(-c2cc(-c3ccc(-c4cccc(-c5ccc6c(c5)-c5ccccc5C6(c5ccccc5)c5ccccc5)c4)c4ccccc34)nc(-c3cccc4ccccc34)n2)cc1. The van der Waals surface area contributed by atoms with Gasteiger partial charge in [0, 0.05) is 16.7 Å². The van der Waals surface area contributed by atoms with Crippen molar-refractivity contribution in [2.45, 2.75) is 5.41 Å². The third kappa shape index (κ3) is 6.02. The third-order valence-corrected chi connectivity index (χ3v) is 13.0. The van der Waals surface area contributed by atoms with Crippen LogP contribution in [0, 0.1) is 0 Å². The van der Waals surface area contributed by atoms with Gasteiger partial charge in [0.05, 0.1) is 16.8 Å². The normalized spacial score (nSPS) is 12.6. The second-order valence-electron chi connectivity index (χ2n) is 16.4. The van der Waals surface area contributed by atoms with Crippen molar-refractivity contribution in [3.8, 4) is 67.3 Å². The Morgan fingerprint density at radius 3 is 1.57 bits per heavy atom. The van der Waals surface area contributed by atoms with Crippen LogP contribution in [0.25, 0.3) is 88.8 Å². The Kier molecular flexibility index (Phi) is 8.76. The molecule has 10 aromatic carbocycles. The van der Waals surface area contributed by atoms with Crippen molar-refractivity contribution in [1.29, 1.82) is 0 Å². The first-order valence-corrected chi connectivity index (χ1v) is 21.6. The quantitative estimate of drug-likeness (QED) is 0.160. The summed E-state index contributed by atoms with van der Waals surface area (Å²) in [6, 6.07) is 87.7. The molecule has 0 saturated carbocycles. The summed E-state index contributed by atoms with van der Waals surface area (Å²) < 4.78 is 0. The van der Waals surface area contributed by atoms with Crippen LogP contribution in [-0.2, 0) is 5.41 Å². The van der Waals surface area contributed by atoms with Crippen molar-refractivity contribution in [3.05, 3.63) is 265 Å². The minimum atomic E-state index is -0.420. The first-order chi connectivity index (χ1) is 31.2. The Morgan fingerprint density at radius 1 is 0.270 bits per heavy atom. The maximum absolute atomic E-state index is 5.34. The van der Waals surface area contributed by atoms with E-state index < -0.39 is 5.41 Å². The van der Waals surface area contributed by atoms with Gasteiger partial charge in [0.2, 0.25) is 0 Å². The molecule has 1 aliphatic rings. The molecule has 1 aromatic heterocycles. The van der Waals surface area contributed by atoms with E-state index in [0.717, 1.165) is 38.9 Å². The average molecular weight is 801 g/mol. The fourth-order valence-corrected chi connectivity index (χ4v) is 10.2. The van der Waals surface area contributed by atoms with Gasteiger partial charge in [0.1, 0.15) is 0 Å². The van der Waals surface area contributed by atoms with E-state index in [9.17, 15) is 0 Å². The maximum atomic E-state index is 5.34. The standard InChI is InChI=1S/C61H40N2/c1-4-19-42(20-5-1)58-40-59(63-60(62-58)54-32-17-21-41-18-10-11-28-48(41)54)53-36-35-49(50-29-12-13-30-51(50)53)45-23-16-22-43(38-45)44-34-37-57-55(39-44)52-31-14-15-33-56(52)61(57,46-24-6-2-7-25-46)47-26-8-3-9-27-47/h1-40H. The van der Waals surface area contributed by atoms with Crippen molar-refractivity contribution in [2.75, 3.05) is 0 Å². The molecule has 0 radical (unpaired) electrons. The van der Waals surface area contributed by atoms with E-state index >= 15 is 0 Å². The van der Waals surface area contributed by atoms with Crippen molar-refractivity contribution < 1.29 is 0 Å². The summed E-state index contributed by atoms with van der Waals surface area (Å²) in [5.41, 5.74) is 17.0. The molecule has 11 aromatic rings. The Labute approximate surface area is 367 Å². The molecule has 2 heteroatoms. The van der Waals surface area contributed by atoms with Crippen LogP contribution < -0.4 is 0 Å². The van der Waals surface area contributed by atoms with Gasteiger partial charge in [-0.1, -0.05) is 224 Å². The predicted octanol–water partition coefficient (Wildman–Crippen LogP) is 15.5. The van der Waals surface area contributed by atoms with Crippen molar-refractivity contribution >= 4 is 21.5 Å². The number of aromatic nitrogens is 2. The van der Waals surface area contributed by atoms with Gasteiger partial charge in [0.25, 0.3) is 0 Å². The van der Waals surface area contributed by atoms with E-state index in [4.69, 9.17) is 9.97 Å². The molecular weight excluding hydrogens is 761 g/mol. The van der Waals surface area contributed by atoms with Crippen LogP contribution in [0.4, 0.5) is 0 Å². The van der Waals surface area contributed by atoms with Crippen LogP contribution in [0.5, 0.6) is 0 Å². The van der Waals surface area contributed by atoms with Gasteiger partial charge >= 0.3 is 0 Å². The van der Waals surface area contributed by atoms with Crippen LogP contribution in [0.3, 0.4) is 0 Å². The van der Waals surface area contributed by atoms with E-state index in [1.807, 2.05) is 6.07 Å². The summed E-state index contributed by atoms with van der Waals surface area (Å²) in [5, 5.41) is 4.63. The zero-order valence-corrected chi connectivity index (χ0v) is 34.5. The monoisotopic (exact) mass is 800 g/mol. The second kappa shape index (κ2) is 15.1. The summed E-state index contributed by atoms with van der Waals surface area (Å²) in [5.74, 6) is 0.714. The molecule has 0 saturated heterocycles. The molecule has 0 aliphatic heterocycles. The lowest BCUT2D eigenvalue weighted by atomic mass is 9.67. The third-order valence-electron chi connectivity index (χ3n) is 13.0. The molecule has 1 heterocycles. The van der Waals surface area contributed by atoms with Gasteiger partial charge in [-0.15, -0.1) is 0 Å². The average Bonchev–Trinajstić information content (AvgIpc) is 3.67. The minimum absolute atomic E-state index is 0.420. The highest BCUT2D eigenvalue weighted by atomic mass is 14.9. The number of hydrogen-bond acceptors (Lipinski definition) is 2. The smallest absolute Gasteiger partial charge is 0.161 e. The lowest BCUT2D eigenvalue weighted by Crippen LogP contribution is -2.28. The molecule has 12 rings (SSSR count). The molecule has 0 amide bonds. The molecule has 0 fully saturated rings. The van der Waals surface area contributed by atoms with Crippen molar-refractivity contribution in [2.24, 2.45) is 0 Å². The van der Waals surface area contributed by atoms with Crippen molar-refractivity contribution in [3.63, 3.8) is 0 Å². The maximum Gasteiger partial charge on any atom is 0.161 e. The number of fused-ring (bicyclic) bond motifs is 5. The number of rotatable bonds is 7. The fourth-order valence-electron chi connectivity index (χ4n) is 10.2. The molecule has 63 heavy (non-hydrogen) atoms. The molecule has 0 spiro atoms. The number of hydrogen-bond donors (Lipinski definition) is 0. The molecular formula is C61H40N2. The van der Waals surface area contributed by atoms with E-state index in [0.29, 0.717) is 5.82 Å². The van der Waals surface area contributed by atoms with Gasteiger partial charge < -0.3 is 0 Å². The van der Waals surface area contributed by atoms with Gasteiger partial charge in [-0.3, -0.25) is 0 Å². The highest BCUT2D eigenvalue weighted by Gasteiger charge is 2.45. The summed E-state index contributed by atoms with van der Waals surface area (Å²) in [7, 11) is 0. The van der Waals surface area contributed by atoms with Crippen LogP contribution >= 0.6 is 0 Å². The Morgan fingerprint density at radius 2 is 0.794 bits per heavy atom. The van der Waals surface area contributed by atoms with Gasteiger partial charge in [-0.25, -0.2) is 9.97 Å². The Balaban J connectivity index is 0.984. The summed E-state index contributed by atoms with van der Waals surface area (Å²) in [6.45, 7) is 0. The van der Waals surface area contributed by atoms with Crippen LogP contribution in [-0.4, -0.2) is 9.97 Å². The first-order valence-electron chi connectivity index (χ1n) is 21.6. The fraction of sp³-hybridized carbons (Fsp3) is 0.0164. The summed E-state index contributed by atoms with van der Waals surface area (Å²) >= 11 is 0. The molecule has 0 atom stereocenters. The van der Waals surface area contributed by atoms with Crippen LogP contribution in [0.2, 0.25) is 0 Å². The molecule has 0 unspecified atom stereocenters. The highest BCUT2D eigenvalue weighted by Crippen LogP contribution is 2.56. The first kappa shape index (κ1) is 36.6. The Bertz CT molecular complexity index is 3460. The zero-order valence-electron chi connectivity index (χ0n) is 34.5. The largest absolute Gasteiger partial charge is 0.228 e. The van der Waals surface area contributed by atoms with Gasteiger partial charge in [-0.05, 0) is 95.4 Å². The zero-order chi connectivity index (χ0) is 41.7. The van der Waals surface area contributed by atoms with Crippen LogP contribution in [0.1, 0.15) is 22.3 Å². The lowest BCUT2D eigenvalue weighted by Gasteiger charge is -2.33. The minimum Gasteiger partial charge on any atom is -0.228 e. The predicted molar refractivity (Wildman–Crippen MR) is 262 cm³/mol. The summed E-state index contributed by atoms with van der Waals surface area (Å²) in [4.78, 5) is 10.5. The molecule has 294 valence electrons. The number of nitrogens with zero attached hydrogens (tertiary/aromatic N) is 2. The highest BCUT2D eigenvalue weighted by molar-refractivity contribution is 6.05. The van der Waals surface area contributed by atoms with Crippen molar-refractivity contribution in [1.82, 2.24) is 9.97 Å². The number of benzene rings is 10. The topological polar surface area (TPSA) is 25.8 Å². The second-order valence-corrected chi connectivity index (χ2v) is 16.4.